The van der Waals surface area contributed by atoms with Crippen LogP contribution >= 0.6 is 34.7 Å². The SMILES string of the molecule is CCC(CC)C1CN=C(NCc2ccc(Cl)s2)S1. The summed E-state index contributed by atoms with van der Waals surface area (Å²) in [6.45, 7) is 6.34. The number of nitrogens with one attached hydrogen (secondary N) is 1. The molecule has 0 radical (unpaired) electrons. The molecule has 1 unspecified atom stereocenters. The topological polar surface area (TPSA) is 24.4 Å². The van der Waals surface area contributed by atoms with Crippen LogP contribution < -0.4 is 5.32 Å². The van der Waals surface area contributed by atoms with E-state index in [-0.39, 0.29) is 0 Å². The average molecular weight is 303 g/mol. The van der Waals surface area contributed by atoms with E-state index in [1.165, 1.54) is 17.7 Å². The second-order valence-electron chi connectivity index (χ2n) is 4.44. The van der Waals surface area contributed by atoms with Gasteiger partial charge in [0.25, 0.3) is 0 Å². The van der Waals surface area contributed by atoms with Crippen molar-refractivity contribution in [1.82, 2.24) is 5.32 Å². The molecule has 5 heteroatoms. The molecule has 18 heavy (non-hydrogen) atoms. The van der Waals surface area contributed by atoms with Crippen molar-refractivity contribution in [3.05, 3.63) is 21.3 Å². The van der Waals surface area contributed by atoms with Gasteiger partial charge in [-0.3, -0.25) is 4.99 Å². The van der Waals surface area contributed by atoms with Crippen molar-refractivity contribution in [2.75, 3.05) is 6.54 Å². The van der Waals surface area contributed by atoms with Gasteiger partial charge in [0.05, 0.1) is 17.4 Å². The summed E-state index contributed by atoms with van der Waals surface area (Å²) >= 11 is 9.44. The summed E-state index contributed by atoms with van der Waals surface area (Å²) in [6.07, 6.45) is 2.50. The molecule has 0 saturated carbocycles. The Morgan fingerprint density at radius 1 is 1.44 bits per heavy atom. The van der Waals surface area contributed by atoms with Gasteiger partial charge in [0.15, 0.2) is 5.17 Å². The molecule has 1 aromatic heterocycles. The Morgan fingerprint density at radius 3 is 2.83 bits per heavy atom. The van der Waals surface area contributed by atoms with Crippen molar-refractivity contribution in [2.24, 2.45) is 10.9 Å². The summed E-state index contributed by atoms with van der Waals surface area (Å²) < 4.78 is 0.850. The fourth-order valence-corrected chi connectivity index (χ4v) is 4.50. The molecule has 1 aromatic rings. The van der Waals surface area contributed by atoms with Gasteiger partial charge >= 0.3 is 0 Å². The Hall–Kier alpha value is -0.190. The van der Waals surface area contributed by atoms with Crippen molar-refractivity contribution < 1.29 is 0 Å². The van der Waals surface area contributed by atoms with E-state index in [4.69, 9.17) is 11.6 Å². The molecular weight excluding hydrogens is 284 g/mol. The molecule has 0 aromatic carbocycles. The third-order valence-electron chi connectivity index (χ3n) is 3.30. The Kier molecular flexibility index (Phi) is 5.39. The third-order valence-corrected chi connectivity index (χ3v) is 5.86. The van der Waals surface area contributed by atoms with Crippen LogP contribution in [0, 0.1) is 5.92 Å². The molecule has 0 saturated heterocycles. The molecule has 1 N–H and O–H groups in total. The number of nitrogens with zero attached hydrogens (tertiary/aromatic N) is 1. The molecule has 2 nitrogen and oxygen atoms in total. The molecule has 0 bridgehead atoms. The predicted molar refractivity (Wildman–Crippen MR) is 83.9 cm³/mol. The highest BCUT2D eigenvalue weighted by molar-refractivity contribution is 8.14. The Bertz CT molecular complexity index is 413. The third kappa shape index (κ3) is 3.65. The van der Waals surface area contributed by atoms with Gasteiger partial charge in [0, 0.05) is 10.1 Å². The maximum Gasteiger partial charge on any atom is 0.157 e. The maximum atomic E-state index is 5.91. The van der Waals surface area contributed by atoms with Crippen LogP contribution in [0.1, 0.15) is 31.6 Å². The molecule has 100 valence electrons. The average Bonchev–Trinajstić information content (AvgIpc) is 2.98. The zero-order valence-electron chi connectivity index (χ0n) is 10.8. The monoisotopic (exact) mass is 302 g/mol. The quantitative estimate of drug-likeness (QED) is 0.872. The van der Waals surface area contributed by atoms with Crippen molar-refractivity contribution in [1.29, 1.82) is 0 Å². The first-order chi connectivity index (χ1) is 8.72. The van der Waals surface area contributed by atoms with Crippen molar-refractivity contribution in [2.45, 2.75) is 38.5 Å². The number of hydrogen-bond acceptors (Lipinski definition) is 4. The van der Waals surface area contributed by atoms with Crippen molar-refractivity contribution in [3.63, 3.8) is 0 Å². The fraction of sp³-hybridized carbons (Fsp3) is 0.615. The fourth-order valence-electron chi connectivity index (χ4n) is 2.16. The number of thiophene rings is 1. The lowest BCUT2D eigenvalue weighted by Gasteiger charge is -2.18. The molecule has 0 amide bonds. The van der Waals surface area contributed by atoms with Gasteiger partial charge in [-0.2, -0.15) is 0 Å². The minimum atomic E-state index is 0.662. The zero-order valence-corrected chi connectivity index (χ0v) is 13.2. The van der Waals surface area contributed by atoms with Crippen LogP contribution in [0.25, 0.3) is 0 Å². The van der Waals surface area contributed by atoms with Crippen LogP contribution in [0.4, 0.5) is 0 Å². The molecule has 1 aliphatic heterocycles. The molecule has 0 aliphatic carbocycles. The van der Waals surface area contributed by atoms with Crippen LogP contribution in [0.5, 0.6) is 0 Å². The summed E-state index contributed by atoms with van der Waals surface area (Å²) in [5.74, 6) is 0.786. The minimum absolute atomic E-state index is 0.662. The van der Waals surface area contributed by atoms with E-state index < -0.39 is 0 Å². The van der Waals surface area contributed by atoms with Gasteiger partial charge in [-0.15, -0.1) is 11.3 Å². The number of hydrogen-bond donors (Lipinski definition) is 1. The number of aliphatic imine (C=N–C) groups is 1. The molecule has 0 fully saturated rings. The molecule has 2 rings (SSSR count). The Balaban J connectivity index is 1.79. The zero-order chi connectivity index (χ0) is 13.0. The molecule has 0 spiro atoms. The second-order valence-corrected chi connectivity index (χ2v) is 7.47. The summed E-state index contributed by atoms with van der Waals surface area (Å²) in [6, 6.07) is 4.01. The standard InChI is InChI=1S/C13H19ClN2S2/c1-3-9(4-2)11-8-16-13(18-11)15-7-10-5-6-12(14)17-10/h5-6,9,11H,3-4,7-8H2,1-2H3,(H,15,16). The number of rotatable bonds is 5. The highest BCUT2D eigenvalue weighted by Gasteiger charge is 2.25. The predicted octanol–water partition coefficient (Wildman–Crippen LogP) is 4.40. The molecule has 1 atom stereocenters. The summed E-state index contributed by atoms with van der Waals surface area (Å²) in [7, 11) is 0. The first-order valence-corrected chi connectivity index (χ1v) is 8.49. The lowest BCUT2D eigenvalue weighted by Crippen LogP contribution is -2.21. The summed E-state index contributed by atoms with van der Waals surface area (Å²) in [5.41, 5.74) is 0. The lowest BCUT2D eigenvalue weighted by molar-refractivity contribution is 0.479. The molecular formula is C13H19ClN2S2. The van der Waals surface area contributed by atoms with E-state index in [9.17, 15) is 0 Å². The first-order valence-electron chi connectivity index (χ1n) is 6.42. The number of halogens is 1. The minimum Gasteiger partial charge on any atom is -0.360 e. The number of thioether (sulfide) groups is 1. The van der Waals surface area contributed by atoms with Crippen molar-refractivity contribution in [3.8, 4) is 0 Å². The molecule has 1 aliphatic rings. The van der Waals surface area contributed by atoms with Crippen LogP contribution in [0.2, 0.25) is 4.34 Å². The lowest BCUT2D eigenvalue weighted by atomic mass is 9.99. The molecule has 2 heterocycles. The van der Waals surface area contributed by atoms with Crippen LogP contribution in [0.3, 0.4) is 0 Å². The van der Waals surface area contributed by atoms with E-state index in [0.717, 1.165) is 28.5 Å². The summed E-state index contributed by atoms with van der Waals surface area (Å²) in [4.78, 5) is 5.85. The first kappa shape index (κ1) is 14.2. The maximum absolute atomic E-state index is 5.91. The highest BCUT2D eigenvalue weighted by Crippen LogP contribution is 2.30. The van der Waals surface area contributed by atoms with Gasteiger partial charge in [0.1, 0.15) is 0 Å². The van der Waals surface area contributed by atoms with Gasteiger partial charge < -0.3 is 5.32 Å². The van der Waals surface area contributed by atoms with E-state index in [2.05, 4.69) is 30.2 Å². The smallest absolute Gasteiger partial charge is 0.157 e. The second kappa shape index (κ2) is 6.83. The largest absolute Gasteiger partial charge is 0.360 e. The van der Waals surface area contributed by atoms with Crippen molar-refractivity contribution >= 4 is 39.9 Å². The van der Waals surface area contributed by atoms with Gasteiger partial charge in [-0.25, -0.2) is 0 Å². The Labute approximate surface area is 122 Å². The van der Waals surface area contributed by atoms with Gasteiger partial charge in [-0.05, 0) is 18.1 Å². The summed E-state index contributed by atoms with van der Waals surface area (Å²) in [5, 5.41) is 5.16. The van der Waals surface area contributed by atoms with Crippen LogP contribution in [-0.2, 0) is 6.54 Å². The highest BCUT2D eigenvalue weighted by atomic mass is 35.5. The normalized spacial score (nSPS) is 19.3. The number of amidine groups is 1. The Morgan fingerprint density at radius 2 is 2.22 bits per heavy atom. The van der Waals surface area contributed by atoms with E-state index >= 15 is 0 Å². The van der Waals surface area contributed by atoms with E-state index in [1.807, 2.05) is 17.8 Å². The van der Waals surface area contributed by atoms with Gasteiger partial charge in [-0.1, -0.05) is 50.1 Å². The van der Waals surface area contributed by atoms with Crippen LogP contribution in [-0.4, -0.2) is 17.0 Å². The van der Waals surface area contributed by atoms with Crippen LogP contribution in [0.15, 0.2) is 17.1 Å². The van der Waals surface area contributed by atoms with E-state index in [0.29, 0.717) is 5.25 Å². The van der Waals surface area contributed by atoms with E-state index in [1.54, 1.807) is 11.3 Å². The van der Waals surface area contributed by atoms with Gasteiger partial charge in [0.2, 0.25) is 0 Å².